The average molecular weight is 554 g/mol. The molecule has 1 aliphatic heterocycles. The molecule has 0 spiro atoms. The Hall–Kier alpha value is -4.61. The van der Waals surface area contributed by atoms with Crippen LogP contribution in [0.2, 0.25) is 0 Å². The third-order valence-electron chi connectivity index (χ3n) is 7.21. The van der Waals surface area contributed by atoms with E-state index in [0.717, 1.165) is 11.1 Å². The van der Waals surface area contributed by atoms with Crippen molar-refractivity contribution in [2.75, 3.05) is 12.8 Å². The standard InChI is InChI=1S/C29H27N7O3S/c1-34-14-13-31-26(34)18-35(2)40(38,39)25-10-6-5-9-22(25)19-11-12-24-23(15-19)27(33-29(30)32-24)28(37)36-16-20-7-3-4-8-21(20)17-36/h3-15H,16-18H2,1-2H3,(H2,30,32,33). The maximum atomic E-state index is 13.7. The number of sulfonamides is 1. The summed E-state index contributed by atoms with van der Waals surface area (Å²) in [5.74, 6) is 0.360. The molecule has 0 saturated heterocycles. The summed E-state index contributed by atoms with van der Waals surface area (Å²) in [6.45, 7) is 1.06. The van der Waals surface area contributed by atoms with Gasteiger partial charge in [-0.15, -0.1) is 0 Å². The molecule has 3 aromatic carbocycles. The number of anilines is 1. The van der Waals surface area contributed by atoms with Crippen LogP contribution in [-0.2, 0) is 36.7 Å². The Kier molecular flexibility index (Phi) is 6.32. The summed E-state index contributed by atoms with van der Waals surface area (Å²) >= 11 is 0. The van der Waals surface area contributed by atoms with Gasteiger partial charge >= 0.3 is 0 Å². The van der Waals surface area contributed by atoms with E-state index in [4.69, 9.17) is 5.73 Å². The number of nitrogens with zero attached hydrogens (tertiary/aromatic N) is 6. The van der Waals surface area contributed by atoms with Crippen LogP contribution in [0.15, 0.2) is 84.0 Å². The van der Waals surface area contributed by atoms with Crippen LogP contribution in [0.5, 0.6) is 0 Å². The Bertz CT molecular complexity index is 1860. The largest absolute Gasteiger partial charge is 0.368 e. The van der Waals surface area contributed by atoms with Crippen LogP contribution >= 0.6 is 0 Å². The number of benzene rings is 3. The van der Waals surface area contributed by atoms with E-state index in [1.54, 1.807) is 64.3 Å². The van der Waals surface area contributed by atoms with Crippen LogP contribution in [0.25, 0.3) is 22.0 Å². The summed E-state index contributed by atoms with van der Waals surface area (Å²) in [7, 11) is -0.537. The summed E-state index contributed by atoms with van der Waals surface area (Å²) in [5, 5.41) is 0.501. The molecule has 6 rings (SSSR count). The molecule has 1 amide bonds. The minimum Gasteiger partial charge on any atom is -0.368 e. The second kappa shape index (κ2) is 9.85. The smallest absolute Gasteiger partial charge is 0.273 e. The molecular weight excluding hydrogens is 526 g/mol. The van der Waals surface area contributed by atoms with Crippen molar-refractivity contribution in [1.29, 1.82) is 0 Å². The number of aromatic nitrogens is 4. The minimum absolute atomic E-state index is 0.000742. The van der Waals surface area contributed by atoms with Gasteiger partial charge < -0.3 is 15.2 Å². The van der Waals surface area contributed by atoms with Crippen LogP contribution in [0.3, 0.4) is 0 Å². The van der Waals surface area contributed by atoms with Crippen LogP contribution in [0, 0.1) is 0 Å². The highest BCUT2D eigenvalue weighted by Gasteiger charge is 2.28. The number of imidazole rings is 1. The van der Waals surface area contributed by atoms with Crippen molar-refractivity contribution < 1.29 is 13.2 Å². The van der Waals surface area contributed by atoms with Gasteiger partial charge in [0.25, 0.3) is 5.91 Å². The molecule has 1 aliphatic rings. The Morgan fingerprint density at radius 3 is 2.40 bits per heavy atom. The molecule has 0 aliphatic carbocycles. The van der Waals surface area contributed by atoms with Gasteiger partial charge in [-0.1, -0.05) is 48.5 Å². The molecule has 5 aromatic rings. The maximum Gasteiger partial charge on any atom is 0.273 e. The molecule has 10 nitrogen and oxygen atoms in total. The van der Waals surface area contributed by atoms with E-state index in [9.17, 15) is 13.2 Å². The lowest BCUT2D eigenvalue weighted by Gasteiger charge is -2.20. The lowest BCUT2D eigenvalue weighted by atomic mass is 10.0. The topological polar surface area (TPSA) is 127 Å². The molecule has 0 fully saturated rings. The zero-order valence-electron chi connectivity index (χ0n) is 22.0. The van der Waals surface area contributed by atoms with Gasteiger partial charge in [-0.3, -0.25) is 4.79 Å². The second-order valence-electron chi connectivity index (χ2n) is 9.80. The molecular formula is C29H27N7O3S. The highest BCUT2D eigenvalue weighted by Crippen LogP contribution is 2.33. The van der Waals surface area contributed by atoms with Gasteiger partial charge in [0.2, 0.25) is 16.0 Å². The fourth-order valence-corrected chi connectivity index (χ4v) is 6.37. The van der Waals surface area contributed by atoms with Crippen molar-refractivity contribution in [3.8, 4) is 11.1 Å². The van der Waals surface area contributed by atoms with Gasteiger partial charge in [-0.2, -0.15) is 4.31 Å². The van der Waals surface area contributed by atoms with Crippen LogP contribution in [0.4, 0.5) is 5.95 Å². The first-order valence-electron chi connectivity index (χ1n) is 12.7. The zero-order valence-corrected chi connectivity index (χ0v) is 22.8. The molecule has 0 saturated carbocycles. The lowest BCUT2D eigenvalue weighted by molar-refractivity contribution is 0.0747. The van der Waals surface area contributed by atoms with Crippen molar-refractivity contribution in [2.24, 2.45) is 7.05 Å². The molecule has 2 N–H and O–H groups in total. The number of carbonyl (C=O) groups is 1. The quantitative estimate of drug-likeness (QED) is 0.340. The number of nitrogen functional groups attached to an aromatic ring is 1. The van der Waals surface area contributed by atoms with Gasteiger partial charge in [-0.05, 0) is 34.9 Å². The third kappa shape index (κ3) is 4.48. The Morgan fingerprint density at radius 1 is 1.00 bits per heavy atom. The van der Waals surface area contributed by atoms with Gasteiger partial charge in [-0.25, -0.2) is 23.4 Å². The van der Waals surface area contributed by atoms with Gasteiger partial charge in [0.1, 0.15) is 11.5 Å². The monoisotopic (exact) mass is 553 g/mol. The highest BCUT2D eigenvalue weighted by molar-refractivity contribution is 7.89. The Labute approximate surface area is 231 Å². The van der Waals surface area contributed by atoms with Gasteiger partial charge in [0.05, 0.1) is 17.0 Å². The number of aryl methyl sites for hydroxylation is 1. The van der Waals surface area contributed by atoms with Gasteiger partial charge in [0.15, 0.2) is 0 Å². The normalized spacial score (nSPS) is 13.2. The van der Waals surface area contributed by atoms with E-state index in [2.05, 4.69) is 15.0 Å². The first-order chi connectivity index (χ1) is 19.2. The van der Waals surface area contributed by atoms with Crippen LogP contribution < -0.4 is 5.73 Å². The fourth-order valence-electron chi connectivity index (χ4n) is 5.03. The fraction of sp³-hybridized carbons (Fsp3) is 0.172. The summed E-state index contributed by atoms with van der Waals surface area (Å²) in [5.41, 5.74) is 9.98. The second-order valence-corrected chi connectivity index (χ2v) is 11.8. The molecule has 11 heteroatoms. The molecule has 0 bridgehead atoms. The van der Waals surface area contributed by atoms with Crippen LogP contribution in [-0.4, -0.2) is 50.1 Å². The van der Waals surface area contributed by atoms with Crippen molar-refractivity contribution in [3.05, 3.63) is 102 Å². The van der Waals surface area contributed by atoms with E-state index in [-0.39, 0.29) is 29.0 Å². The number of hydrogen-bond acceptors (Lipinski definition) is 7. The predicted molar refractivity (Wildman–Crippen MR) is 151 cm³/mol. The zero-order chi connectivity index (χ0) is 28.0. The van der Waals surface area contributed by atoms with Crippen molar-refractivity contribution in [2.45, 2.75) is 24.5 Å². The molecule has 202 valence electrons. The third-order valence-corrected chi connectivity index (χ3v) is 9.08. The SMILES string of the molecule is CN(Cc1nccn1C)S(=O)(=O)c1ccccc1-c1ccc2nc(N)nc(C(=O)N3Cc4ccccc4C3)c2c1. The molecule has 0 atom stereocenters. The maximum absolute atomic E-state index is 13.7. The molecule has 3 heterocycles. The number of rotatable bonds is 6. The van der Waals surface area contributed by atoms with Crippen molar-refractivity contribution in [3.63, 3.8) is 0 Å². The number of nitrogens with two attached hydrogens (primary N) is 1. The number of fused-ring (bicyclic) bond motifs is 2. The summed E-state index contributed by atoms with van der Waals surface area (Å²) < 4.78 is 30.5. The molecule has 0 unspecified atom stereocenters. The first kappa shape index (κ1) is 25.7. The number of carbonyl (C=O) groups excluding carboxylic acids is 1. The molecule has 0 radical (unpaired) electrons. The van der Waals surface area contributed by atoms with Crippen molar-refractivity contribution >= 4 is 32.8 Å². The van der Waals surface area contributed by atoms with Gasteiger partial charge in [0, 0.05) is 50.5 Å². The number of amides is 1. The van der Waals surface area contributed by atoms with E-state index in [1.807, 2.05) is 31.3 Å². The van der Waals surface area contributed by atoms with E-state index >= 15 is 0 Å². The van der Waals surface area contributed by atoms with E-state index in [0.29, 0.717) is 40.9 Å². The highest BCUT2D eigenvalue weighted by atomic mass is 32.2. The predicted octanol–water partition coefficient (Wildman–Crippen LogP) is 3.59. The molecule has 2 aromatic heterocycles. The van der Waals surface area contributed by atoms with Crippen LogP contribution in [0.1, 0.15) is 27.4 Å². The van der Waals surface area contributed by atoms with E-state index in [1.165, 1.54) is 11.4 Å². The van der Waals surface area contributed by atoms with E-state index < -0.39 is 10.0 Å². The molecule has 40 heavy (non-hydrogen) atoms. The Balaban J connectivity index is 1.40. The minimum atomic E-state index is -3.89. The summed E-state index contributed by atoms with van der Waals surface area (Å²) in [4.78, 5) is 28.5. The average Bonchev–Trinajstić information content (AvgIpc) is 3.57. The Morgan fingerprint density at radius 2 is 1.70 bits per heavy atom. The summed E-state index contributed by atoms with van der Waals surface area (Å²) in [6.07, 6.45) is 3.40. The number of hydrogen-bond donors (Lipinski definition) is 1. The van der Waals surface area contributed by atoms with Crippen molar-refractivity contribution in [1.82, 2.24) is 28.7 Å². The summed E-state index contributed by atoms with van der Waals surface area (Å²) in [6, 6.07) is 20.0. The first-order valence-corrected chi connectivity index (χ1v) is 14.1. The lowest BCUT2D eigenvalue weighted by Crippen LogP contribution is -2.28.